The van der Waals surface area contributed by atoms with Crippen LogP contribution in [-0.2, 0) is 42.2 Å². The third kappa shape index (κ3) is 10.6. The lowest BCUT2D eigenvalue weighted by Gasteiger charge is -2.28. The first kappa shape index (κ1) is 40.2. The van der Waals surface area contributed by atoms with E-state index < -0.39 is 18.1 Å². The van der Waals surface area contributed by atoms with Crippen molar-refractivity contribution in [2.24, 2.45) is 5.90 Å². The van der Waals surface area contributed by atoms with Gasteiger partial charge >= 0.3 is 18.0 Å². The van der Waals surface area contributed by atoms with Gasteiger partial charge in [-0.25, -0.2) is 25.8 Å². The van der Waals surface area contributed by atoms with Crippen molar-refractivity contribution in [3.8, 4) is 0 Å². The minimum Gasteiger partial charge on any atom is -0.480 e. The Morgan fingerprint density at radius 2 is 1.22 bits per heavy atom. The number of urea groups is 2. The molecule has 276 valence electrons. The zero-order valence-corrected chi connectivity index (χ0v) is 28.1. The van der Waals surface area contributed by atoms with Crippen LogP contribution in [-0.4, -0.2) is 99.4 Å². The van der Waals surface area contributed by atoms with E-state index in [1.807, 2.05) is 74.5 Å². The predicted molar refractivity (Wildman–Crippen MR) is 183 cm³/mol. The van der Waals surface area contributed by atoms with Crippen LogP contribution in [0.25, 0.3) is 0 Å². The van der Waals surface area contributed by atoms with Gasteiger partial charge in [-0.05, 0) is 49.7 Å². The Morgan fingerprint density at radius 1 is 0.760 bits per heavy atom. The van der Waals surface area contributed by atoms with Gasteiger partial charge in [-0.15, -0.1) is 0 Å². The first-order valence-electron chi connectivity index (χ1n) is 16.8. The van der Waals surface area contributed by atoms with E-state index in [0.717, 1.165) is 30.4 Å². The van der Waals surface area contributed by atoms with E-state index in [9.17, 15) is 19.2 Å². The molecule has 0 radical (unpaired) electrons. The summed E-state index contributed by atoms with van der Waals surface area (Å²) in [7, 11) is 0. The molecule has 2 aromatic rings. The van der Waals surface area contributed by atoms with Crippen molar-refractivity contribution in [3.63, 3.8) is 0 Å². The van der Waals surface area contributed by atoms with Crippen LogP contribution in [0.3, 0.4) is 0 Å². The number of hydrogen-bond acceptors (Lipinski definition) is 9. The van der Waals surface area contributed by atoms with E-state index in [4.69, 9.17) is 19.6 Å². The first-order chi connectivity index (χ1) is 23.8. The molecule has 4 bridgehead atoms. The second kappa shape index (κ2) is 20.4. The minimum atomic E-state index is -0.943. The summed E-state index contributed by atoms with van der Waals surface area (Å²) in [4.78, 5) is 71.6. The number of amides is 5. The van der Waals surface area contributed by atoms with Gasteiger partial charge in [0.2, 0.25) is 0 Å². The second-order valence-electron chi connectivity index (χ2n) is 12.1. The molecule has 2 aromatic carbocycles. The SMILES string of the molecule is C.CCCON.CCCONC(=O)[C@@H]1CC[C@@H]2CN1C(=O)N2OCc1ccccc1.O=C(O)[C@@H]1CC[C@@H]2CN1C(=O)N2OCc1ccccc1. The number of piperidine rings is 2. The van der Waals surface area contributed by atoms with Crippen LogP contribution in [0, 0.1) is 0 Å². The van der Waals surface area contributed by atoms with Crippen molar-refractivity contribution in [2.45, 2.75) is 97.2 Å². The Morgan fingerprint density at radius 3 is 1.64 bits per heavy atom. The molecule has 4 atom stereocenters. The molecule has 4 aliphatic rings. The fourth-order valence-electron chi connectivity index (χ4n) is 5.97. The van der Waals surface area contributed by atoms with Crippen molar-refractivity contribution in [1.29, 1.82) is 0 Å². The van der Waals surface area contributed by atoms with Gasteiger partial charge in [0.05, 0.1) is 25.3 Å². The molecular formula is C35H52N6O9. The quantitative estimate of drug-likeness (QED) is 0.202. The summed E-state index contributed by atoms with van der Waals surface area (Å²) >= 11 is 0. The molecule has 0 spiro atoms. The van der Waals surface area contributed by atoms with Crippen LogP contribution < -0.4 is 11.4 Å². The number of carbonyl (C=O) groups excluding carboxylic acids is 3. The number of nitrogens with one attached hydrogen (secondary N) is 1. The molecule has 0 aliphatic carbocycles. The molecule has 5 amide bonds. The molecule has 15 nitrogen and oxygen atoms in total. The molecule has 0 unspecified atom stereocenters. The number of nitrogens with zero attached hydrogens (tertiary/aromatic N) is 4. The number of hydroxylamine groups is 5. The largest absolute Gasteiger partial charge is 0.480 e. The molecule has 15 heteroatoms. The van der Waals surface area contributed by atoms with E-state index in [-0.39, 0.29) is 37.5 Å². The number of nitrogens with two attached hydrogens (primary N) is 1. The molecule has 0 saturated carbocycles. The van der Waals surface area contributed by atoms with Crippen molar-refractivity contribution in [3.05, 3.63) is 71.8 Å². The molecule has 4 N–H and O–H groups in total. The molecule has 0 aromatic heterocycles. The summed E-state index contributed by atoms with van der Waals surface area (Å²) in [5.74, 6) is 3.43. The summed E-state index contributed by atoms with van der Waals surface area (Å²) in [6.45, 7) is 6.70. The van der Waals surface area contributed by atoms with Crippen molar-refractivity contribution >= 4 is 23.9 Å². The van der Waals surface area contributed by atoms with Gasteiger partial charge in [0.25, 0.3) is 5.91 Å². The van der Waals surface area contributed by atoms with Crippen LogP contribution >= 0.6 is 0 Å². The monoisotopic (exact) mass is 700 g/mol. The maximum Gasteiger partial charge on any atom is 0.345 e. The Labute approximate surface area is 294 Å². The summed E-state index contributed by atoms with van der Waals surface area (Å²) in [6, 6.07) is 17.5. The van der Waals surface area contributed by atoms with Crippen LogP contribution in [0.15, 0.2) is 60.7 Å². The molecule has 4 aliphatic heterocycles. The Balaban J connectivity index is 0.000000237. The smallest absolute Gasteiger partial charge is 0.345 e. The molecular weight excluding hydrogens is 648 g/mol. The van der Waals surface area contributed by atoms with Gasteiger partial charge in [0, 0.05) is 13.1 Å². The van der Waals surface area contributed by atoms with Gasteiger partial charge < -0.3 is 19.7 Å². The number of carboxylic acid groups (broad SMARTS) is 1. The molecule has 50 heavy (non-hydrogen) atoms. The predicted octanol–water partition coefficient (Wildman–Crippen LogP) is 4.24. The first-order valence-corrected chi connectivity index (χ1v) is 16.8. The Bertz CT molecular complexity index is 1350. The van der Waals surface area contributed by atoms with Gasteiger partial charge in [-0.2, -0.15) is 10.1 Å². The van der Waals surface area contributed by atoms with Gasteiger partial charge in [-0.3, -0.25) is 19.3 Å². The van der Waals surface area contributed by atoms with E-state index in [1.165, 1.54) is 15.0 Å². The molecule has 6 rings (SSSR count). The van der Waals surface area contributed by atoms with Crippen LogP contribution in [0.5, 0.6) is 0 Å². The van der Waals surface area contributed by atoms with Crippen LogP contribution in [0.2, 0.25) is 0 Å². The zero-order chi connectivity index (χ0) is 35.2. The molecule has 4 saturated heterocycles. The van der Waals surface area contributed by atoms with Crippen molar-refractivity contribution in [2.75, 3.05) is 26.3 Å². The number of rotatable bonds is 13. The maximum atomic E-state index is 12.6. The third-order valence-corrected chi connectivity index (χ3v) is 8.46. The summed E-state index contributed by atoms with van der Waals surface area (Å²) in [5, 5.41) is 11.9. The lowest BCUT2D eigenvalue weighted by molar-refractivity contribution is -0.143. The van der Waals surface area contributed by atoms with E-state index in [0.29, 0.717) is 58.8 Å². The number of aliphatic carboxylic acids is 1. The normalized spacial score (nSPS) is 21.8. The average Bonchev–Trinajstić information content (AvgIpc) is 3.50. The standard InChI is InChI=1S/C17H23N3O4.C14H16N2O4.C3H9NO.CH4/c1-2-10-23-18-16(21)15-9-8-14-11-19(15)17(22)20(14)24-12-13-6-4-3-5-7-13;17-13(18)12-7-6-11-8-15(12)14(19)16(11)20-9-10-4-2-1-3-5-10;1-2-3-5-4;/h3-7,14-15H,2,8-12H2,1H3,(H,18,21);1-5,11-12H,6-9H2,(H,17,18);2-4H2,1H3;1H4/t14-,15+;11-,12+;;/m11../s1. The molecule has 4 fully saturated rings. The van der Waals surface area contributed by atoms with E-state index >= 15 is 0 Å². The van der Waals surface area contributed by atoms with E-state index in [2.05, 4.69) is 16.2 Å². The van der Waals surface area contributed by atoms with Crippen LogP contribution in [0.4, 0.5) is 9.59 Å². The van der Waals surface area contributed by atoms with Gasteiger partial charge in [0.1, 0.15) is 25.3 Å². The number of benzene rings is 2. The minimum absolute atomic E-state index is 0. The second-order valence-corrected chi connectivity index (χ2v) is 12.1. The third-order valence-electron chi connectivity index (χ3n) is 8.46. The van der Waals surface area contributed by atoms with Crippen molar-refractivity contribution < 1.29 is 43.6 Å². The summed E-state index contributed by atoms with van der Waals surface area (Å²) in [5.41, 5.74) is 4.42. The fraction of sp³-hybridized carbons (Fsp3) is 0.543. The zero-order valence-electron chi connectivity index (χ0n) is 28.1. The number of fused-ring (bicyclic) bond motifs is 4. The lowest BCUT2D eigenvalue weighted by Crippen LogP contribution is -2.49. The topological polar surface area (TPSA) is 176 Å². The Hall–Kier alpha value is -4.28. The fourth-order valence-corrected chi connectivity index (χ4v) is 5.97. The highest BCUT2D eigenvalue weighted by atomic mass is 16.7. The van der Waals surface area contributed by atoms with Crippen molar-refractivity contribution in [1.82, 2.24) is 25.4 Å². The number of hydrogen-bond donors (Lipinski definition) is 3. The summed E-state index contributed by atoms with van der Waals surface area (Å²) in [6.07, 6.45) is 4.31. The lowest BCUT2D eigenvalue weighted by atomic mass is 10.0. The average molecular weight is 701 g/mol. The highest BCUT2D eigenvalue weighted by Crippen LogP contribution is 2.31. The van der Waals surface area contributed by atoms with Gasteiger partial charge in [0.15, 0.2) is 0 Å². The maximum absolute atomic E-state index is 12.6. The number of carbonyl (C=O) groups is 4. The summed E-state index contributed by atoms with van der Waals surface area (Å²) < 4.78 is 0. The highest BCUT2D eigenvalue weighted by molar-refractivity contribution is 5.88. The van der Waals surface area contributed by atoms with Gasteiger partial charge in [-0.1, -0.05) is 81.9 Å². The Kier molecular flexibility index (Phi) is 16.4. The van der Waals surface area contributed by atoms with E-state index in [1.54, 1.807) is 4.90 Å². The number of carboxylic acids is 1. The molecule has 4 heterocycles. The highest BCUT2D eigenvalue weighted by Gasteiger charge is 2.49. The van der Waals surface area contributed by atoms with Crippen LogP contribution in [0.1, 0.15) is 70.9 Å².